The van der Waals surface area contributed by atoms with E-state index in [2.05, 4.69) is 0 Å². The highest BCUT2D eigenvalue weighted by atomic mass is 35.5. The van der Waals surface area contributed by atoms with Crippen LogP contribution in [0, 0.1) is 0 Å². The number of rotatable bonds is 3. The van der Waals surface area contributed by atoms with Gasteiger partial charge < -0.3 is 5.11 Å². The Morgan fingerprint density at radius 3 is 2.53 bits per heavy atom. The van der Waals surface area contributed by atoms with Crippen molar-refractivity contribution in [3.05, 3.63) is 57.2 Å². The van der Waals surface area contributed by atoms with Crippen LogP contribution in [0.4, 0.5) is 0 Å². The summed E-state index contributed by atoms with van der Waals surface area (Å²) >= 11 is 7.44. The van der Waals surface area contributed by atoms with Crippen LogP contribution in [0.1, 0.15) is 16.5 Å². The molecule has 0 radical (unpaired) electrons. The maximum Gasteiger partial charge on any atom is 0.0838 e. The van der Waals surface area contributed by atoms with E-state index in [0.717, 1.165) is 5.56 Å². The van der Waals surface area contributed by atoms with Gasteiger partial charge in [0.2, 0.25) is 0 Å². The molecule has 1 aromatic carbocycles. The predicted octanol–water partition coefficient (Wildman–Crippen LogP) is 3.68. The second-order valence-electron chi connectivity index (χ2n) is 3.35. The lowest BCUT2D eigenvalue weighted by molar-refractivity contribution is 0.179. The first-order valence-electron chi connectivity index (χ1n) is 4.71. The third kappa shape index (κ3) is 2.81. The standard InChI is InChI=1S/C12H11ClOS/c13-10-5-3-9(4-6-10)12(14)8-11-2-1-7-15-11/h1-7,12,14H,8H2. The Morgan fingerprint density at radius 2 is 1.93 bits per heavy atom. The summed E-state index contributed by atoms with van der Waals surface area (Å²) in [6.07, 6.45) is 0.222. The van der Waals surface area contributed by atoms with Crippen LogP contribution in [0.25, 0.3) is 0 Å². The monoisotopic (exact) mass is 238 g/mol. The smallest absolute Gasteiger partial charge is 0.0838 e. The Morgan fingerprint density at radius 1 is 1.20 bits per heavy atom. The van der Waals surface area contributed by atoms with E-state index < -0.39 is 6.10 Å². The highest BCUT2D eigenvalue weighted by Gasteiger charge is 2.08. The molecule has 0 spiro atoms. The SMILES string of the molecule is OC(Cc1cccs1)c1ccc(Cl)cc1. The zero-order valence-electron chi connectivity index (χ0n) is 8.06. The van der Waals surface area contributed by atoms with Crippen molar-refractivity contribution in [3.63, 3.8) is 0 Å². The average molecular weight is 239 g/mol. The number of aliphatic hydroxyl groups is 1. The summed E-state index contributed by atoms with van der Waals surface area (Å²) in [5, 5.41) is 12.7. The number of halogens is 1. The normalized spacial score (nSPS) is 12.7. The van der Waals surface area contributed by atoms with Crippen molar-refractivity contribution in [2.45, 2.75) is 12.5 Å². The molecule has 0 amide bonds. The molecule has 15 heavy (non-hydrogen) atoms. The highest BCUT2D eigenvalue weighted by Crippen LogP contribution is 2.22. The van der Waals surface area contributed by atoms with E-state index in [1.165, 1.54) is 4.88 Å². The van der Waals surface area contributed by atoms with Gasteiger partial charge in [-0.15, -0.1) is 11.3 Å². The minimum absolute atomic E-state index is 0.444. The van der Waals surface area contributed by atoms with E-state index in [0.29, 0.717) is 11.4 Å². The summed E-state index contributed by atoms with van der Waals surface area (Å²) in [5.74, 6) is 0. The van der Waals surface area contributed by atoms with Crippen molar-refractivity contribution in [1.29, 1.82) is 0 Å². The molecule has 1 atom stereocenters. The maximum atomic E-state index is 9.95. The molecular formula is C12H11ClOS. The van der Waals surface area contributed by atoms with E-state index >= 15 is 0 Å². The Balaban J connectivity index is 2.08. The van der Waals surface area contributed by atoms with Crippen LogP contribution >= 0.6 is 22.9 Å². The molecule has 0 aliphatic carbocycles. The molecule has 78 valence electrons. The molecule has 1 N–H and O–H groups in total. The van der Waals surface area contributed by atoms with Crippen LogP contribution < -0.4 is 0 Å². The summed E-state index contributed by atoms with van der Waals surface area (Å²) in [6, 6.07) is 11.3. The van der Waals surface area contributed by atoms with Crippen LogP contribution in [0.5, 0.6) is 0 Å². The minimum atomic E-state index is -0.444. The Hall–Kier alpha value is -0.830. The van der Waals surface area contributed by atoms with Gasteiger partial charge in [-0.05, 0) is 29.1 Å². The largest absolute Gasteiger partial charge is 0.388 e. The summed E-state index contributed by atoms with van der Waals surface area (Å²) in [6.45, 7) is 0. The second kappa shape index (κ2) is 4.79. The Kier molecular flexibility index (Phi) is 3.41. The second-order valence-corrected chi connectivity index (χ2v) is 4.82. The van der Waals surface area contributed by atoms with Crippen molar-refractivity contribution in [2.75, 3.05) is 0 Å². The molecule has 3 heteroatoms. The van der Waals surface area contributed by atoms with Gasteiger partial charge in [0.1, 0.15) is 0 Å². The average Bonchev–Trinajstić information content (AvgIpc) is 2.71. The van der Waals surface area contributed by atoms with E-state index in [9.17, 15) is 5.11 Å². The fourth-order valence-electron chi connectivity index (χ4n) is 1.42. The molecule has 1 nitrogen and oxygen atoms in total. The van der Waals surface area contributed by atoms with Gasteiger partial charge in [-0.25, -0.2) is 0 Å². The van der Waals surface area contributed by atoms with E-state index in [1.54, 1.807) is 23.5 Å². The van der Waals surface area contributed by atoms with Crippen molar-refractivity contribution < 1.29 is 5.11 Å². The molecule has 0 saturated carbocycles. The van der Waals surface area contributed by atoms with Crippen LogP contribution in [-0.4, -0.2) is 5.11 Å². The van der Waals surface area contributed by atoms with Gasteiger partial charge in [0.25, 0.3) is 0 Å². The lowest BCUT2D eigenvalue weighted by Crippen LogP contribution is -1.99. The maximum absolute atomic E-state index is 9.95. The number of hydrogen-bond donors (Lipinski definition) is 1. The van der Waals surface area contributed by atoms with Crippen LogP contribution in [0.2, 0.25) is 5.02 Å². The summed E-state index contributed by atoms with van der Waals surface area (Å²) in [5.41, 5.74) is 0.910. The Bertz CT molecular complexity index is 408. The zero-order chi connectivity index (χ0) is 10.7. The minimum Gasteiger partial charge on any atom is -0.388 e. The summed E-state index contributed by atoms with van der Waals surface area (Å²) < 4.78 is 0. The first-order chi connectivity index (χ1) is 7.25. The molecule has 0 fully saturated rings. The Labute approximate surface area is 98.0 Å². The summed E-state index contributed by atoms with van der Waals surface area (Å²) in [7, 11) is 0. The van der Waals surface area contributed by atoms with Gasteiger partial charge in [0.15, 0.2) is 0 Å². The van der Waals surface area contributed by atoms with Gasteiger partial charge in [-0.1, -0.05) is 29.8 Å². The van der Waals surface area contributed by atoms with Crippen molar-refractivity contribution in [1.82, 2.24) is 0 Å². The van der Waals surface area contributed by atoms with Crippen LogP contribution in [0.3, 0.4) is 0 Å². The molecular weight excluding hydrogens is 228 g/mol. The fourth-order valence-corrected chi connectivity index (χ4v) is 2.29. The zero-order valence-corrected chi connectivity index (χ0v) is 9.63. The van der Waals surface area contributed by atoms with Gasteiger partial charge in [-0.3, -0.25) is 0 Å². The lowest BCUT2D eigenvalue weighted by atomic mass is 10.1. The van der Waals surface area contributed by atoms with Gasteiger partial charge in [-0.2, -0.15) is 0 Å². The molecule has 1 aromatic heterocycles. The van der Waals surface area contributed by atoms with Crippen molar-refractivity contribution >= 4 is 22.9 Å². The third-order valence-electron chi connectivity index (χ3n) is 2.23. The number of hydrogen-bond acceptors (Lipinski definition) is 2. The lowest BCUT2D eigenvalue weighted by Gasteiger charge is -2.09. The summed E-state index contributed by atoms with van der Waals surface area (Å²) in [4.78, 5) is 1.19. The third-order valence-corrected chi connectivity index (χ3v) is 3.38. The topological polar surface area (TPSA) is 20.2 Å². The quantitative estimate of drug-likeness (QED) is 0.865. The van der Waals surface area contributed by atoms with Crippen LogP contribution in [0.15, 0.2) is 41.8 Å². The highest BCUT2D eigenvalue weighted by molar-refractivity contribution is 7.09. The fraction of sp³-hybridized carbons (Fsp3) is 0.167. The predicted molar refractivity (Wildman–Crippen MR) is 64.4 cm³/mol. The molecule has 1 heterocycles. The van der Waals surface area contributed by atoms with E-state index in [-0.39, 0.29) is 0 Å². The van der Waals surface area contributed by atoms with Crippen molar-refractivity contribution in [3.8, 4) is 0 Å². The first-order valence-corrected chi connectivity index (χ1v) is 5.97. The molecule has 0 aliphatic heterocycles. The molecule has 2 aromatic rings. The number of benzene rings is 1. The molecule has 0 aliphatic rings. The van der Waals surface area contributed by atoms with Gasteiger partial charge in [0, 0.05) is 16.3 Å². The molecule has 1 unspecified atom stereocenters. The number of aliphatic hydroxyl groups excluding tert-OH is 1. The van der Waals surface area contributed by atoms with Gasteiger partial charge >= 0.3 is 0 Å². The molecule has 0 bridgehead atoms. The number of thiophene rings is 1. The van der Waals surface area contributed by atoms with Gasteiger partial charge in [0.05, 0.1) is 6.10 Å². The van der Waals surface area contributed by atoms with E-state index in [4.69, 9.17) is 11.6 Å². The van der Waals surface area contributed by atoms with Crippen LogP contribution in [-0.2, 0) is 6.42 Å². The van der Waals surface area contributed by atoms with Crippen molar-refractivity contribution in [2.24, 2.45) is 0 Å². The molecule has 0 saturated heterocycles. The van der Waals surface area contributed by atoms with E-state index in [1.807, 2.05) is 29.6 Å². The molecule has 2 rings (SSSR count). The first kappa shape index (κ1) is 10.7.